The van der Waals surface area contributed by atoms with Crippen molar-refractivity contribution in [2.75, 3.05) is 57.9 Å². The average Bonchev–Trinajstić information content (AvgIpc) is 3.30. The highest BCUT2D eigenvalue weighted by molar-refractivity contribution is 7.15. The monoisotopic (exact) mass is 585 g/mol. The number of nitrogens with zero attached hydrogens (tertiary/aromatic N) is 3. The van der Waals surface area contributed by atoms with Gasteiger partial charge in [-0.05, 0) is 77.7 Å². The van der Waals surface area contributed by atoms with Gasteiger partial charge >= 0.3 is 5.97 Å². The molecule has 2 aliphatic heterocycles. The molecule has 1 atom stereocenters. The number of hydrogen-bond donors (Lipinski definition) is 0. The molecule has 9 heteroatoms. The third kappa shape index (κ3) is 8.56. The molecule has 1 aromatic heterocycles. The zero-order valence-electron chi connectivity index (χ0n) is 25.5. The second kappa shape index (κ2) is 14.2. The number of hydrogen-bond acceptors (Lipinski definition) is 7. The quantitative estimate of drug-likeness (QED) is 0.338. The molecule has 0 unspecified atom stereocenters. The maximum Gasteiger partial charge on any atom is 0.350 e. The number of morpholine rings is 1. The molecule has 226 valence electrons. The molecule has 4 rings (SSSR count). The minimum atomic E-state index is -0.646. The van der Waals surface area contributed by atoms with Gasteiger partial charge in [-0.25, -0.2) is 4.79 Å². The van der Waals surface area contributed by atoms with Gasteiger partial charge in [-0.15, -0.1) is 11.3 Å². The Hall–Kier alpha value is -2.41. The molecule has 1 saturated carbocycles. The molecular weight excluding hydrogens is 538 g/mol. The van der Waals surface area contributed by atoms with Crippen LogP contribution in [0, 0.1) is 29.1 Å². The molecule has 41 heavy (non-hydrogen) atoms. The lowest BCUT2D eigenvalue weighted by atomic mass is 9.82. The van der Waals surface area contributed by atoms with Gasteiger partial charge in [-0.2, -0.15) is 0 Å². The minimum Gasteiger partial charge on any atom is -0.460 e. The molecule has 1 aliphatic carbocycles. The molecule has 0 N–H and O–H groups in total. The summed E-state index contributed by atoms with van der Waals surface area (Å²) in [5.74, 6) is 6.32. The summed E-state index contributed by atoms with van der Waals surface area (Å²) in [4.78, 5) is 48.3. The van der Waals surface area contributed by atoms with Gasteiger partial charge in [-0.3, -0.25) is 19.4 Å². The number of anilines is 1. The van der Waals surface area contributed by atoms with Gasteiger partial charge in [-0.1, -0.05) is 18.8 Å². The van der Waals surface area contributed by atoms with Crippen molar-refractivity contribution < 1.29 is 23.9 Å². The van der Waals surface area contributed by atoms with Crippen molar-refractivity contribution >= 4 is 34.8 Å². The highest BCUT2D eigenvalue weighted by Gasteiger charge is 2.40. The summed E-state index contributed by atoms with van der Waals surface area (Å²) in [5.41, 5.74) is 0.249. The molecule has 0 aromatic carbocycles. The van der Waals surface area contributed by atoms with E-state index in [9.17, 15) is 14.4 Å². The zero-order chi connectivity index (χ0) is 29.6. The fraction of sp³-hybridized carbons (Fsp3) is 0.719. The molecule has 0 spiro atoms. The standard InChI is InChI=1S/C32H47N3O5S/c1-23-9-11-24(12-10-23)29(36)35(26-8-6-7-15-33(5)30(26)37)27-22-25(13-14-32(2,3)4)41-28(27)31(38)40-21-18-34-16-19-39-20-17-34/h22-24,26H,6-12,15-21H2,1-5H3/t23?,24?,26-/m0/s1. The second-order valence-electron chi connectivity index (χ2n) is 12.9. The molecule has 3 fully saturated rings. The molecule has 0 radical (unpaired) electrons. The first-order chi connectivity index (χ1) is 19.5. The van der Waals surface area contributed by atoms with Crippen LogP contribution in [0.5, 0.6) is 0 Å². The minimum absolute atomic E-state index is 0.0546. The van der Waals surface area contributed by atoms with E-state index < -0.39 is 12.0 Å². The van der Waals surface area contributed by atoms with E-state index in [-0.39, 0.29) is 29.8 Å². The number of likely N-dealkylation sites (tertiary alicyclic amines) is 1. The zero-order valence-corrected chi connectivity index (χ0v) is 26.3. The van der Waals surface area contributed by atoms with Crippen LogP contribution in [0.25, 0.3) is 0 Å². The first-order valence-corrected chi connectivity index (χ1v) is 16.1. The molecule has 3 aliphatic rings. The maximum atomic E-state index is 14.3. The lowest BCUT2D eigenvalue weighted by Gasteiger charge is -2.36. The average molecular weight is 586 g/mol. The topological polar surface area (TPSA) is 79.4 Å². The number of ether oxygens (including phenoxy) is 2. The van der Waals surface area contributed by atoms with Crippen molar-refractivity contribution in [3.05, 3.63) is 15.8 Å². The van der Waals surface area contributed by atoms with Crippen LogP contribution >= 0.6 is 11.3 Å². The third-order valence-electron chi connectivity index (χ3n) is 8.26. The molecule has 2 amide bonds. The molecule has 2 saturated heterocycles. The van der Waals surface area contributed by atoms with E-state index in [0.29, 0.717) is 54.1 Å². The lowest BCUT2D eigenvalue weighted by molar-refractivity contribution is -0.134. The van der Waals surface area contributed by atoms with Gasteiger partial charge < -0.3 is 14.4 Å². The second-order valence-corrected chi connectivity index (χ2v) is 13.9. The highest BCUT2D eigenvalue weighted by atomic mass is 32.1. The Morgan fingerprint density at radius 3 is 2.49 bits per heavy atom. The van der Waals surface area contributed by atoms with Gasteiger partial charge in [0.15, 0.2) is 0 Å². The molecule has 1 aromatic rings. The van der Waals surface area contributed by atoms with Crippen molar-refractivity contribution in [2.45, 2.75) is 78.7 Å². The van der Waals surface area contributed by atoms with E-state index in [0.717, 1.165) is 51.6 Å². The number of rotatable bonds is 7. The van der Waals surface area contributed by atoms with Crippen LogP contribution in [0.1, 0.15) is 87.2 Å². The Morgan fingerprint density at radius 2 is 1.80 bits per heavy atom. The first kappa shape index (κ1) is 31.5. The Bertz CT molecular complexity index is 1130. The Morgan fingerprint density at radius 1 is 1.10 bits per heavy atom. The summed E-state index contributed by atoms with van der Waals surface area (Å²) in [6.07, 6.45) is 5.88. The van der Waals surface area contributed by atoms with E-state index in [1.54, 1.807) is 16.8 Å². The SMILES string of the molecule is CC1CCC(C(=O)N(c2cc(C#CC(C)(C)C)sc2C(=O)OCCN2CCOCC2)[C@H]2CCCCN(C)C2=O)CC1. The van der Waals surface area contributed by atoms with Gasteiger partial charge in [0.2, 0.25) is 11.8 Å². The van der Waals surface area contributed by atoms with Gasteiger partial charge in [0, 0.05) is 44.6 Å². The number of amides is 2. The van der Waals surface area contributed by atoms with Crippen molar-refractivity contribution in [3.8, 4) is 11.8 Å². The van der Waals surface area contributed by atoms with E-state index in [1.807, 2.05) is 26.8 Å². The summed E-state index contributed by atoms with van der Waals surface area (Å²) in [5, 5.41) is 0. The molecular formula is C32H47N3O5S. The van der Waals surface area contributed by atoms with Crippen molar-refractivity contribution in [1.29, 1.82) is 0 Å². The Kier molecular flexibility index (Phi) is 10.9. The van der Waals surface area contributed by atoms with E-state index in [2.05, 4.69) is 23.7 Å². The van der Waals surface area contributed by atoms with E-state index in [4.69, 9.17) is 9.47 Å². The summed E-state index contributed by atoms with van der Waals surface area (Å²) in [6, 6.07) is 1.19. The number of thiophene rings is 1. The number of esters is 1. The lowest BCUT2D eigenvalue weighted by Crippen LogP contribution is -2.52. The maximum absolute atomic E-state index is 14.3. The van der Waals surface area contributed by atoms with E-state index in [1.165, 1.54) is 11.3 Å². The summed E-state index contributed by atoms with van der Waals surface area (Å²) in [6.45, 7) is 12.9. The van der Waals surface area contributed by atoms with Crippen LogP contribution in [0.2, 0.25) is 0 Å². The number of likely N-dealkylation sites (N-methyl/N-ethyl adjacent to an activating group) is 1. The highest BCUT2D eigenvalue weighted by Crippen LogP contribution is 2.38. The summed E-state index contributed by atoms with van der Waals surface area (Å²) in [7, 11) is 1.81. The van der Waals surface area contributed by atoms with Crippen LogP contribution in [-0.2, 0) is 19.1 Å². The fourth-order valence-corrected chi connectivity index (χ4v) is 6.63. The number of carbonyl (C=O) groups excluding carboxylic acids is 3. The van der Waals surface area contributed by atoms with Crippen molar-refractivity contribution in [3.63, 3.8) is 0 Å². The third-order valence-corrected chi connectivity index (χ3v) is 9.28. The summed E-state index contributed by atoms with van der Waals surface area (Å²) < 4.78 is 11.2. The Balaban J connectivity index is 1.70. The van der Waals surface area contributed by atoms with Crippen molar-refractivity contribution in [1.82, 2.24) is 9.80 Å². The van der Waals surface area contributed by atoms with Crippen LogP contribution in [0.3, 0.4) is 0 Å². The smallest absolute Gasteiger partial charge is 0.350 e. The van der Waals surface area contributed by atoms with Crippen LogP contribution in [0.15, 0.2) is 6.07 Å². The largest absolute Gasteiger partial charge is 0.460 e. The van der Waals surface area contributed by atoms with Gasteiger partial charge in [0.1, 0.15) is 17.5 Å². The van der Waals surface area contributed by atoms with Crippen LogP contribution < -0.4 is 4.90 Å². The summed E-state index contributed by atoms with van der Waals surface area (Å²) >= 11 is 1.26. The fourth-order valence-electron chi connectivity index (χ4n) is 5.73. The first-order valence-electron chi connectivity index (χ1n) is 15.3. The van der Waals surface area contributed by atoms with Crippen LogP contribution in [-0.4, -0.2) is 86.7 Å². The van der Waals surface area contributed by atoms with Gasteiger partial charge in [0.05, 0.1) is 23.8 Å². The normalized spacial score (nSPS) is 24.3. The van der Waals surface area contributed by atoms with Crippen molar-refractivity contribution in [2.24, 2.45) is 17.3 Å². The Labute approximate surface area is 249 Å². The molecule has 8 nitrogen and oxygen atoms in total. The predicted molar refractivity (Wildman–Crippen MR) is 162 cm³/mol. The van der Waals surface area contributed by atoms with Gasteiger partial charge in [0.25, 0.3) is 0 Å². The van der Waals surface area contributed by atoms with E-state index >= 15 is 0 Å². The predicted octanol–water partition coefficient (Wildman–Crippen LogP) is 4.80. The molecule has 3 heterocycles. The number of carbonyl (C=O) groups is 3. The van der Waals surface area contributed by atoms with Crippen LogP contribution in [0.4, 0.5) is 5.69 Å². The molecule has 0 bridgehead atoms.